The minimum atomic E-state index is 0.285. The first-order valence-corrected chi connectivity index (χ1v) is 6.22. The van der Waals surface area contributed by atoms with Crippen LogP contribution in [0.5, 0.6) is 0 Å². The standard InChI is InChI=1S/C12H25N3/c1-10-8-12(9-13,6-7-14(10)2)15(3)11-4-5-11/h10-11H,4-9,13H2,1-3H3. The van der Waals surface area contributed by atoms with Crippen LogP contribution in [-0.4, -0.2) is 54.6 Å². The summed E-state index contributed by atoms with van der Waals surface area (Å²) in [5, 5.41) is 0. The topological polar surface area (TPSA) is 32.5 Å². The van der Waals surface area contributed by atoms with E-state index in [9.17, 15) is 0 Å². The highest BCUT2D eigenvalue weighted by molar-refractivity contribution is 5.02. The third-order valence-corrected chi connectivity index (χ3v) is 4.58. The monoisotopic (exact) mass is 211 g/mol. The predicted molar refractivity (Wildman–Crippen MR) is 63.9 cm³/mol. The molecule has 0 spiro atoms. The van der Waals surface area contributed by atoms with Crippen LogP contribution in [0.25, 0.3) is 0 Å². The van der Waals surface area contributed by atoms with Gasteiger partial charge in [0.15, 0.2) is 0 Å². The first-order chi connectivity index (χ1) is 7.09. The molecule has 0 bridgehead atoms. The molecular weight excluding hydrogens is 186 g/mol. The highest BCUT2D eigenvalue weighted by Gasteiger charge is 2.44. The summed E-state index contributed by atoms with van der Waals surface area (Å²) >= 11 is 0. The number of likely N-dealkylation sites (N-methyl/N-ethyl adjacent to an activating group) is 1. The number of hydrogen-bond acceptors (Lipinski definition) is 3. The normalized spacial score (nSPS) is 38.6. The minimum Gasteiger partial charge on any atom is -0.329 e. The molecule has 2 atom stereocenters. The highest BCUT2D eigenvalue weighted by Crippen LogP contribution is 2.37. The van der Waals surface area contributed by atoms with E-state index >= 15 is 0 Å². The van der Waals surface area contributed by atoms with Gasteiger partial charge in [0.2, 0.25) is 0 Å². The van der Waals surface area contributed by atoms with Crippen LogP contribution < -0.4 is 5.73 Å². The molecule has 2 aliphatic rings. The number of rotatable bonds is 3. The Kier molecular flexibility index (Phi) is 3.06. The van der Waals surface area contributed by atoms with Gasteiger partial charge in [-0.15, -0.1) is 0 Å². The van der Waals surface area contributed by atoms with Crippen LogP contribution >= 0.6 is 0 Å². The summed E-state index contributed by atoms with van der Waals surface area (Å²) in [5.74, 6) is 0. The lowest BCUT2D eigenvalue weighted by atomic mass is 9.82. The summed E-state index contributed by atoms with van der Waals surface area (Å²) in [4.78, 5) is 5.03. The van der Waals surface area contributed by atoms with Gasteiger partial charge in [0, 0.05) is 24.2 Å². The average Bonchev–Trinajstić information content (AvgIpc) is 3.05. The molecule has 0 amide bonds. The second kappa shape index (κ2) is 4.04. The number of piperidine rings is 1. The van der Waals surface area contributed by atoms with Crippen LogP contribution in [0.15, 0.2) is 0 Å². The van der Waals surface area contributed by atoms with Gasteiger partial charge in [0.1, 0.15) is 0 Å². The molecule has 2 rings (SSSR count). The van der Waals surface area contributed by atoms with Crippen molar-refractivity contribution in [3.8, 4) is 0 Å². The number of likely N-dealkylation sites (tertiary alicyclic amines) is 1. The van der Waals surface area contributed by atoms with E-state index < -0.39 is 0 Å². The van der Waals surface area contributed by atoms with Gasteiger partial charge in [-0.1, -0.05) is 0 Å². The van der Waals surface area contributed by atoms with E-state index in [1.54, 1.807) is 0 Å². The van der Waals surface area contributed by atoms with Gasteiger partial charge in [-0.25, -0.2) is 0 Å². The molecule has 0 aromatic carbocycles. The van der Waals surface area contributed by atoms with Gasteiger partial charge in [-0.3, -0.25) is 4.90 Å². The van der Waals surface area contributed by atoms with Crippen LogP contribution in [0.3, 0.4) is 0 Å². The van der Waals surface area contributed by atoms with Crippen molar-refractivity contribution in [3.05, 3.63) is 0 Å². The number of nitrogens with two attached hydrogens (primary N) is 1. The lowest BCUT2D eigenvalue weighted by Gasteiger charge is -2.49. The molecule has 0 radical (unpaired) electrons. The maximum absolute atomic E-state index is 6.05. The first kappa shape index (κ1) is 11.4. The molecule has 3 heteroatoms. The van der Waals surface area contributed by atoms with Gasteiger partial charge in [0.05, 0.1) is 0 Å². The van der Waals surface area contributed by atoms with Crippen molar-refractivity contribution in [2.75, 3.05) is 27.2 Å². The molecular formula is C12H25N3. The lowest BCUT2D eigenvalue weighted by molar-refractivity contribution is 0.0220. The minimum absolute atomic E-state index is 0.285. The highest BCUT2D eigenvalue weighted by atomic mass is 15.3. The van der Waals surface area contributed by atoms with Crippen molar-refractivity contribution in [2.24, 2.45) is 5.73 Å². The van der Waals surface area contributed by atoms with Crippen molar-refractivity contribution < 1.29 is 0 Å². The van der Waals surface area contributed by atoms with Crippen molar-refractivity contribution in [1.29, 1.82) is 0 Å². The molecule has 15 heavy (non-hydrogen) atoms. The smallest absolute Gasteiger partial charge is 0.0358 e. The Balaban J connectivity index is 2.07. The van der Waals surface area contributed by atoms with Crippen LogP contribution in [0.4, 0.5) is 0 Å². The molecule has 1 saturated carbocycles. The molecule has 0 aromatic rings. The molecule has 88 valence electrons. The molecule has 1 aliphatic heterocycles. The van der Waals surface area contributed by atoms with E-state index in [2.05, 4.69) is 30.8 Å². The fraction of sp³-hybridized carbons (Fsp3) is 1.00. The molecule has 2 fully saturated rings. The lowest BCUT2D eigenvalue weighted by Crippen LogP contribution is -2.60. The fourth-order valence-corrected chi connectivity index (χ4v) is 2.91. The van der Waals surface area contributed by atoms with Crippen molar-refractivity contribution in [2.45, 2.75) is 50.2 Å². The average molecular weight is 211 g/mol. The van der Waals surface area contributed by atoms with E-state index in [1.165, 1.54) is 32.2 Å². The van der Waals surface area contributed by atoms with Crippen molar-refractivity contribution >= 4 is 0 Å². The fourth-order valence-electron chi connectivity index (χ4n) is 2.91. The van der Waals surface area contributed by atoms with E-state index in [1.807, 2.05) is 0 Å². The SMILES string of the molecule is CC1CC(CN)(N(C)C2CC2)CCN1C. The summed E-state index contributed by atoms with van der Waals surface area (Å²) in [7, 11) is 4.50. The van der Waals surface area contributed by atoms with E-state index in [4.69, 9.17) is 5.73 Å². The number of nitrogens with zero attached hydrogens (tertiary/aromatic N) is 2. The third-order valence-electron chi connectivity index (χ3n) is 4.58. The largest absolute Gasteiger partial charge is 0.329 e. The van der Waals surface area contributed by atoms with Crippen LogP contribution in [-0.2, 0) is 0 Å². The summed E-state index contributed by atoms with van der Waals surface area (Å²) < 4.78 is 0. The zero-order valence-electron chi connectivity index (χ0n) is 10.4. The van der Waals surface area contributed by atoms with Gasteiger partial charge in [-0.05, 0) is 53.2 Å². The van der Waals surface area contributed by atoms with Gasteiger partial charge < -0.3 is 10.6 Å². The number of hydrogen-bond donors (Lipinski definition) is 1. The molecule has 1 saturated heterocycles. The maximum atomic E-state index is 6.05. The van der Waals surface area contributed by atoms with E-state index in [0.29, 0.717) is 6.04 Å². The molecule has 2 unspecified atom stereocenters. The summed E-state index contributed by atoms with van der Waals surface area (Å²) in [6, 6.07) is 1.49. The van der Waals surface area contributed by atoms with Crippen LogP contribution in [0.2, 0.25) is 0 Å². The zero-order chi connectivity index (χ0) is 11.1. The van der Waals surface area contributed by atoms with Gasteiger partial charge in [0.25, 0.3) is 0 Å². The van der Waals surface area contributed by atoms with Crippen molar-refractivity contribution in [1.82, 2.24) is 9.80 Å². The predicted octanol–water partition coefficient (Wildman–Crippen LogP) is 0.892. The quantitative estimate of drug-likeness (QED) is 0.752. The Hall–Kier alpha value is -0.120. The maximum Gasteiger partial charge on any atom is 0.0358 e. The molecule has 1 heterocycles. The van der Waals surface area contributed by atoms with Gasteiger partial charge in [-0.2, -0.15) is 0 Å². The van der Waals surface area contributed by atoms with Crippen molar-refractivity contribution in [3.63, 3.8) is 0 Å². The van der Waals surface area contributed by atoms with Crippen LogP contribution in [0.1, 0.15) is 32.6 Å². The van der Waals surface area contributed by atoms with E-state index in [-0.39, 0.29) is 5.54 Å². The Bertz CT molecular complexity index is 227. The van der Waals surface area contributed by atoms with Gasteiger partial charge >= 0.3 is 0 Å². The first-order valence-electron chi connectivity index (χ1n) is 6.22. The molecule has 1 aliphatic carbocycles. The zero-order valence-corrected chi connectivity index (χ0v) is 10.4. The summed E-state index contributed by atoms with van der Waals surface area (Å²) in [6.07, 6.45) is 5.22. The second-order valence-electron chi connectivity index (χ2n) is 5.55. The van der Waals surface area contributed by atoms with E-state index in [0.717, 1.165) is 12.6 Å². The summed E-state index contributed by atoms with van der Waals surface area (Å²) in [5.41, 5.74) is 6.34. The Labute approximate surface area is 93.6 Å². The third kappa shape index (κ3) is 2.05. The van der Waals surface area contributed by atoms with Crippen LogP contribution in [0, 0.1) is 0 Å². The Morgan fingerprint density at radius 1 is 1.47 bits per heavy atom. The Morgan fingerprint density at radius 3 is 2.60 bits per heavy atom. The second-order valence-corrected chi connectivity index (χ2v) is 5.55. The molecule has 2 N–H and O–H groups in total. The Morgan fingerprint density at radius 2 is 2.13 bits per heavy atom. The molecule has 3 nitrogen and oxygen atoms in total. The summed E-state index contributed by atoms with van der Waals surface area (Å²) in [6.45, 7) is 4.33. The molecule has 0 aromatic heterocycles.